The number of aromatic nitrogens is 1. The van der Waals surface area contributed by atoms with Gasteiger partial charge in [0.2, 0.25) is 0 Å². The largest absolute Gasteiger partial charge is 0.361 e. The number of nitrogens with one attached hydrogen (secondary N) is 1. The predicted octanol–water partition coefficient (Wildman–Crippen LogP) is 0.948. The first-order chi connectivity index (χ1) is 6.66. The highest BCUT2D eigenvalue weighted by molar-refractivity contribution is 5.10. The van der Waals surface area contributed by atoms with Crippen LogP contribution in [0.15, 0.2) is 10.6 Å². The highest BCUT2D eigenvalue weighted by Gasteiger charge is 2.26. The Morgan fingerprint density at radius 3 is 3.00 bits per heavy atom. The van der Waals surface area contributed by atoms with E-state index in [9.17, 15) is 0 Å². The topological polar surface area (TPSA) is 41.3 Å². The number of rotatable bonds is 1. The minimum atomic E-state index is 0.351. The second-order valence-corrected chi connectivity index (χ2v) is 4.13. The van der Waals surface area contributed by atoms with E-state index in [2.05, 4.69) is 29.3 Å². The lowest BCUT2D eigenvalue weighted by Crippen LogP contribution is -2.49. The summed E-state index contributed by atoms with van der Waals surface area (Å²) in [5, 5.41) is 7.51. The van der Waals surface area contributed by atoms with Crippen LogP contribution in [0.5, 0.6) is 0 Å². The van der Waals surface area contributed by atoms with E-state index in [4.69, 9.17) is 4.52 Å². The zero-order chi connectivity index (χ0) is 10.1. The van der Waals surface area contributed by atoms with Gasteiger partial charge in [-0.1, -0.05) is 5.16 Å². The van der Waals surface area contributed by atoms with E-state index in [1.54, 1.807) is 0 Å². The fraction of sp³-hybridized carbons (Fsp3) is 0.700. The van der Waals surface area contributed by atoms with Gasteiger partial charge in [-0.3, -0.25) is 4.90 Å². The van der Waals surface area contributed by atoms with Crippen LogP contribution in [0.2, 0.25) is 0 Å². The summed E-state index contributed by atoms with van der Waals surface area (Å²) in [6.45, 7) is 6.12. The lowest BCUT2D eigenvalue weighted by molar-refractivity contribution is 0.163. The lowest BCUT2D eigenvalue weighted by Gasteiger charge is -2.35. The molecule has 4 nitrogen and oxygen atoms in total. The minimum Gasteiger partial charge on any atom is -0.361 e. The van der Waals surface area contributed by atoms with Crippen LogP contribution in [0.4, 0.5) is 0 Å². The third-order valence-corrected chi connectivity index (χ3v) is 2.74. The van der Waals surface area contributed by atoms with Gasteiger partial charge in [0, 0.05) is 25.2 Å². The van der Waals surface area contributed by atoms with E-state index in [0.717, 1.165) is 24.5 Å². The minimum absolute atomic E-state index is 0.351. The van der Waals surface area contributed by atoms with Crippen molar-refractivity contribution in [3.05, 3.63) is 17.5 Å². The molecule has 2 rings (SSSR count). The summed E-state index contributed by atoms with van der Waals surface area (Å²) in [6.07, 6.45) is 0. The maximum Gasteiger partial charge on any atom is 0.133 e. The van der Waals surface area contributed by atoms with Crippen LogP contribution in [0.1, 0.15) is 24.4 Å². The fourth-order valence-electron chi connectivity index (χ4n) is 1.97. The van der Waals surface area contributed by atoms with Gasteiger partial charge in [-0.05, 0) is 20.9 Å². The van der Waals surface area contributed by atoms with Crippen molar-refractivity contribution in [1.82, 2.24) is 15.4 Å². The summed E-state index contributed by atoms with van der Waals surface area (Å²) in [4.78, 5) is 2.32. The van der Waals surface area contributed by atoms with Crippen molar-refractivity contribution in [2.24, 2.45) is 0 Å². The molecule has 2 unspecified atom stereocenters. The van der Waals surface area contributed by atoms with Crippen molar-refractivity contribution in [3.63, 3.8) is 0 Å². The zero-order valence-electron chi connectivity index (χ0n) is 8.95. The summed E-state index contributed by atoms with van der Waals surface area (Å²) < 4.78 is 5.09. The molecule has 1 saturated heterocycles. The number of hydrogen-bond donors (Lipinski definition) is 1. The van der Waals surface area contributed by atoms with Crippen molar-refractivity contribution in [2.75, 3.05) is 20.1 Å². The molecule has 0 amide bonds. The molecule has 2 atom stereocenters. The van der Waals surface area contributed by atoms with Crippen molar-refractivity contribution in [3.8, 4) is 0 Å². The van der Waals surface area contributed by atoms with Crippen molar-refractivity contribution in [2.45, 2.75) is 25.9 Å². The van der Waals surface area contributed by atoms with Crippen LogP contribution >= 0.6 is 0 Å². The smallest absolute Gasteiger partial charge is 0.133 e. The number of aryl methyl sites for hydroxylation is 1. The van der Waals surface area contributed by atoms with Gasteiger partial charge in [-0.25, -0.2) is 0 Å². The highest BCUT2D eigenvalue weighted by Crippen LogP contribution is 2.21. The van der Waals surface area contributed by atoms with Crippen LogP contribution < -0.4 is 5.32 Å². The maximum atomic E-state index is 5.09. The maximum absolute atomic E-state index is 5.09. The fourth-order valence-corrected chi connectivity index (χ4v) is 1.97. The molecule has 2 heterocycles. The summed E-state index contributed by atoms with van der Waals surface area (Å²) in [7, 11) is 2.13. The van der Waals surface area contributed by atoms with Crippen LogP contribution in [-0.2, 0) is 0 Å². The first-order valence-electron chi connectivity index (χ1n) is 5.03. The van der Waals surface area contributed by atoms with Gasteiger partial charge >= 0.3 is 0 Å². The Labute approximate surface area is 84.3 Å². The van der Waals surface area contributed by atoms with Crippen molar-refractivity contribution in [1.29, 1.82) is 0 Å². The molecule has 14 heavy (non-hydrogen) atoms. The molecule has 1 aliphatic rings. The second kappa shape index (κ2) is 3.71. The molecule has 0 saturated carbocycles. The van der Waals surface area contributed by atoms with E-state index in [-0.39, 0.29) is 0 Å². The summed E-state index contributed by atoms with van der Waals surface area (Å²) in [6, 6.07) is 2.92. The molecular formula is C10H17N3O. The molecule has 0 radical (unpaired) electrons. The van der Waals surface area contributed by atoms with Gasteiger partial charge in [0.1, 0.15) is 11.5 Å². The van der Waals surface area contributed by atoms with Crippen LogP contribution in [-0.4, -0.2) is 36.2 Å². The third-order valence-electron chi connectivity index (χ3n) is 2.74. The van der Waals surface area contributed by atoms with E-state index in [1.807, 2.05) is 13.0 Å². The van der Waals surface area contributed by atoms with Crippen LogP contribution in [0, 0.1) is 6.92 Å². The van der Waals surface area contributed by atoms with Gasteiger partial charge in [0.25, 0.3) is 0 Å². The van der Waals surface area contributed by atoms with Gasteiger partial charge in [0.05, 0.1) is 6.04 Å². The average molecular weight is 195 g/mol. The van der Waals surface area contributed by atoms with Gasteiger partial charge in [-0.15, -0.1) is 0 Å². The number of hydrogen-bond acceptors (Lipinski definition) is 4. The second-order valence-electron chi connectivity index (χ2n) is 4.13. The molecule has 0 spiro atoms. The normalized spacial score (nSPS) is 29.4. The number of piperazine rings is 1. The lowest BCUT2D eigenvalue weighted by atomic mass is 10.1. The quantitative estimate of drug-likeness (QED) is 0.724. The van der Waals surface area contributed by atoms with E-state index < -0.39 is 0 Å². The number of likely N-dealkylation sites (N-methyl/N-ethyl adjacent to an activating group) is 1. The summed E-state index contributed by atoms with van der Waals surface area (Å²) in [5.41, 5.74) is 1.03. The summed E-state index contributed by atoms with van der Waals surface area (Å²) in [5.74, 6) is 0.882. The molecule has 4 heteroatoms. The molecule has 1 aromatic heterocycles. The van der Waals surface area contributed by atoms with E-state index in [0.29, 0.717) is 12.1 Å². The average Bonchev–Trinajstić information content (AvgIpc) is 2.51. The standard InChI is InChI=1S/C10H17N3O/c1-7-6-13(3)10(5-11-7)9-4-8(2)14-12-9/h4,7,10-11H,5-6H2,1-3H3. The molecule has 0 aromatic carbocycles. The van der Waals surface area contributed by atoms with E-state index in [1.165, 1.54) is 0 Å². The molecule has 0 aliphatic carbocycles. The molecule has 1 fully saturated rings. The Morgan fingerprint density at radius 2 is 2.43 bits per heavy atom. The van der Waals surface area contributed by atoms with Gasteiger partial charge in [0.15, 0.2) is 0 Å². The molecule has 1 aliphatic heterocycles. The molecule has 0 bridgehead atoms. The predicted molar refractivity (Wildman–Crippen MR) is 54.1 cm³/mol. The molecular weight excluding hydrogens is 178 g/mol. The van der Waals surface area contributed by atoms with Crippen molar-refractivity contribution < 1.29 is 4.52 Å². The first-order valence-corrected chi connectivity index (χ1v) is 5.03. The third kappa shape index (κ3) is 1.81. The van der Waals surface area contributed by atoms with E-state index >= 15 is 0 Å². The Kier molecular flexibility index (Phi) is 2.56. The first kappa shape index (κ1) is 9.68. The Bertz CT molecular complexity index is 310. The summed E-state index contributed by atoms with van der Waals surface area (Å²) >= 11 is 0. The van der Waals surface area contributed by atoms with Gasteiger partial charge < -0.3 is 9.84 Å². The zero-order valence-corrected chi connectivity index (χ0v) is 8.95. The molecule has 78 valence electrons. The molecule has 1 N–H and O–H groups in total. The van der Waals surface area contributed by atoms with Crippen molar-refractivity contribution >= 4 is 0 Å². The SMILES string of the molecule is Cc1cc(C2CNC(C)CN2C)no1. The Balaban J connectivity index is 2.11. The monoisotopic (exact) mass is 195 g/mol. The Hall–Kier alpha value is -0.870. The highest BCUT2D eigenvalue weighted by atomic mass is 16.5. The Morgan fingerprint density at radius 1 is 1.64 bits per heavy atom. The van der Waals surface area contributed by atoms with Crippen LogP contribution in [0.3, 0.4) is 0 Å². The van der Waals surface area contributed by atoms with Gasteiger partial charge in [-0.2, -0.15) is 0 Å². The van der Waals surface area contributed by atoms with Crippen LogP contribution in [0.25, 0.3) is 0 Å². The molecule has 1 aromatic rings. The number of nitrogens with zero attached hydrogens (tertiary/aromatic N) is 2.